The Balaban J connectivity index is 1.04. The number of benzene rings is 3. The van der Waals surface area contributed by atoms with E-state index in [-0.39, 0.29) is 37.0 Å². The number of ether oxygens (including phenoxy) is 10. The third-order valence-corrected chi connectivity index (χ3v) is 11.4. The van der Waals surface area contributed by atoms with E-state index >= 15 is 0 Å². The fourth-order valence-electron chi connectivity index (χ4n) is 8.39. The summed E-state index contributed by atoms with van der Waals surface area (Å²) in [7, 11) is 6.77. The zero-order chi connectivity index (χ0) is 36.6. The summed E-state index contributed by atoms with van der Waals surface area (Å²) in [6.07, 6.45) is 3.19. The summed E-state index contributed by atoms with van der Waals surface area (Å²) < 4.78 is 61.8. The van der Waals surface area contributed by atoms with Crippen LogP contribution >= 0.6 is 0 Å². The van der Waals surface area contributed by atoms with Gasteiger partial charge in [-0.25, -0.2) is 0 Å². The van der Waals surface area contributed by atoms with Gasteiger partial charge in [-0.15, -0.1) is 0 Å². The van der Waals surface area contributed by atoms with Crippen molar-refractivity contribution in [2.75, 3.05) is 28.4 Å². The first kappa shape index (κ1) is 37.0. The van der Waals surface area contributed by atoms with Gasteiger partial charge < -0.3 is 47.4 Å². The van der Waals surface area contributed by atoms with Crippen LogP contribution in [-0.2, 0) is 54.5 Å². The van der Waals surface area contributed by atoms with E-state index < -0.39 is 11.2 Å². The topological polar surface area (TPSA) is 92.3 Å². The highest BCUT2D eigenvalue weighted by Gasteiger charge is 2.52. The van der Waals surface area contributed by atoms with Crippen LogP contribution in [0.5, 0.6) is 23.0 Å². The lowest BCUT2D eigenvalue weighted by Crippen LogP contribution is -2.52. The number of rotatable bonds is 12. The molecule has 3 aromatic carbocycles. The monoisotopic (exact) mass is 718 g/mol. The van der Waals surface area contributed by atoms with Crippen molar-refractivity contribution >= 4 is 0 Å². The van der Waals surface area contributed by atoms with Crippen LogP contribution in [0.1, 0.15) is 72.9 Å². The molecule has 3 aromatic rings. The molecule has 0 aliphatic carbocycles. The van der Waals surface area contributed by atoms with Crippen molar-refractivity contribution in [2.24, 2.45) is 0 Å². The molecule has 52 heavy (non-hydrogen) atoms. The molecule has 2 unspecified atom stereocenters. The van der Waals surface area contributed by atoms with Crippen LogP contribution < -0.4 is 18.9 Å². The molecule has 4 aliphatic heterocycles. The van der Waals surface area contributed by atoms with Gasteiger partial charge in [0, 0.05) is 52.4 Å². The van der Waals surface area contributed by atoms with E-state index in [1.165, 1.54) is 0 Å². The van der Waals surface area contributed by atoms with Gasteiger partial charge in [0.05, 0.1) is 12.2 Å². The molecule has 282 valence electrons. The average molecular weight is 719 g/mol. The lowest BCUT2D eigenvalue weighted by Gasteiger charge is -2.41. The van der Waals surface area contributed by atoms with Gasteiger partial charge in [-0.3, -0.25) is 0 Å². The third-order valence-electron chi connectivity index (χ3n) is 11.4. The van der Waals surface area contributed by atoms with Crippen LogP contribution in [0, 0.1) is 13.8 Å². The molecule has 0 aromatic heterocycles. The third kappa shape index (κ3) is 7.26. The zero-order valence-electron chi connectivity index (χ0n) is 31.8. The van der Waals surface area contributed by atoms with Gasteiger partial charge in [-0.05, 0) is 99.9 Å². The molecule has 7 rings (SSSR count). The molecule has 0 radical (unpaired) electrons. The maximum absolute atomic E-state index is 6.74. The summed E-state index contributed by atoms with van der Waals surface area (Å²) in [5.74, 6) is 3.34. The summed E-state index contributed by atoms with van der Waals surface area (Å²) in [4.78, 5) is 0. The molecule has 4 aliphatic rings. The molecule has 10 nitrogen and oxygen atoms in total. The Morgan fingerprint density at radius 2 is 1.04 bits per heavy atom. The Morgan fingerprint density at radius 1 is 0.615 bits per heavy atom. The highest BCUT2D eigenvalue weighted by Crippen LogP contribution is 2.46. The number of fused-ring (bicyclic) bond motifs is 2. The Hall–Kier alpha value is -3.38. The van der Waals surface area contributed by atoms with Crippen LogP contribution in [0.15, 0.2) is 48.5 Å². The molecule has 0 saturated carbocycles. The van der Waals surface area contributed by atoms with Gasteiger partial charge in [-0.2, -0.15) is 0 Å². The zero-order valence-corrected chi connectivity index (χ0v) is 31.8. The number of methoxy groups -OCH3 is 4. The standard InChI is InChI=1S/C42H54O10/c1-25-17-31(29-13-15-41(3,51-33(29)19-25)39-35(43-5)21-37(45-7)49-39)47-23-27-11-9-10-12-28(27)24-48-32-18-26(2)20-34-30(32)14-16-42(4,52-34)40-36(44-6)22-38(46-8)50-40/h9-12,17-20,35-40H,13-16,21-24H2,1-8H3/t35-,36-,37?,38?,39+,40+,41+,42+/m0/s1. The fraction of sp³-hybridized carbons (Fsp3) is 0.571. The molecular formula is C42H54O10. The van der Waals surface area contributed by atoms with E-state index in [4.69, 9.17) is 47.4 Å². The maximum atomic E-state index is 6.74. The minimum atomic E-state index is -0.557. The highest BCUT2D eigenvalue weighted by atomic mass is 16.7. The van der Waals surface area contributed by atoms with Crippen LogP contribution in [0.3, 0.4) is 0 Å². The summed E-state index contributed by atoms with van der Waals surface area (Å²) in [6, 6.07) is 16.7. The molecule has 10 heteroatoms. The molecule has 0 N–H and O–H groups in total. The smallest absolute Gasteiger partial charge is 0.160 e. The van der Waals surface area contributed by atoms with Crippen molar-refractivity contribution < 1.29 is 47.4 Å². The minimum absolute atomic E-state index is 0.104. The van der Waals surface area contributed by atoms with Crippen molar-refractivity contribution in [1.82, 2.24) is 0 Å². The fourth-order valence-corrected chi connectivity index (χ4v) is 8.39. The molecule has 0 spiro atoms. The summed E-state index contributed by atoms with van der Waals surface area (Å²) in [6.45, 7) is 9.15. The second-order valence-electron chi connectivity index (χ2n) is 15.1. The number of aryl methyl sites for hydroxylation is 2. The molecule has 0 bridgehead atoms. The van der Waals surface area contributed by atoms with Crippen LogP contribution in [0.2, 0.25) is 0 Å². The van der Waals surface area contributed by atoms with Gasteiger partial charge in [0.2, 0.25) is 0 Å². The predicted octanol–water partition coefficient (Wildman–Crippen LogP) is 7.18. The molecule has 0 amide bonds. The van der Waals surface area contributed by atoms with E-state index in [9.17, 15) is 0 Å². The number of hydrogen-bond acceptors (Lipinski definition) is 10. The second kappa shape index (κ2) is 15.2. The summed E-state index contributed by atoms with van der Waals surface area (Å²) >= 11 is 0. The minimum Gasteiger partial charge on any atom is -0.488 e. The first-order valence-corrected chi connectivity index (χ1v) is 18.5. The average Bonchev–Trinajstić information content (AvgIpc) is 3.78. The highest BCUT2D eigenvalue weighted by molar-refractivity contribution is 5.51. The lowest BCUT2D eigenvalue weighted by molar-refractivity contribution is -0.171. The molecule has 2 fully saturated rings. The largest absolute Gasteiger partial charge is 0.488 e. The Kier molecular flexibility index (Phi) is 10.8. The predicted molar refractivity (Wildman–Crippen MR) is 194 cm³/mol. The Labute approximate surface area is 307 Å². The van der Waals surface area contributed by atoms with Crippen molar-refractivity contribution in [3.05, 3.63) is 81.9 Å². The van der Waals surface area contributed by atoms with E-state index in [2.05, 4.69) is 64.1 Å². The first-order chi connectivity index (χ1) is 25.1. The van der Waals surface area contributed by atoms with Gasteiger partial charge in [-0.1, -0.05) is 24.3 Å². The van der Waals surface area contributed by atoms with Crippen LogP contribution in [0.25, 0.3) is 0 Å². The van der Waals surface area contributed by atoms with Gasteiger partial charge >= 0.3 is 0 Å². The molecule has 4 heterocycles. The Bertz CT molecular complexity index is 1600. The van der Waals surface area contributed by atoms with Crippen LogP contribution in [0.4, 0.5) is 0 Å². The van der Waals surface area contributed by atoms with Gasteiger partial charge in [0.15, 0.2) is 12.6 Å². The van der Waals surface area contributed by atoms with E-state index in [0.717, 1.165) is 82.1 Å². The van der Waals surface area contributed by atoms with Crippen LogP contribution in [-0.4, -0.2) is 76.6 Å². The second-order valence-corrected chi connectivity index (χ2v) is 15.1. The van der Waals surface area contributed by atoms with Crippen molar-refractivity contribution in [3.63, 3.8) is 0 Å². The quantitative estimate of drug-likeness (QED) is 0.192. The van der Waals surface area contributed by atoms with Crippen molar-refractivity contribution in [1.29, 1.82) is 0 Å². The van der Waals surface area contributed by atoms with E-state index in [1.54, 1.807) is 28.4 Å². The Morgan fingerprint density at radius 3 is 1.42 bits per heavy atom. The maximum Gasteiger partial charge on any atom is 0.160 e. The normalized spacial score (nSPS) is 31.0. The van der Waals surface area contributed by atoms with Crippen molar-refractivity contribution in [2.45, 2.75) is 128 Å². The summed E-state index contributed by atoms with van der Waals surface area (Å²) in [5.41, 5.74) is 5.29. The SMILES string of the molecule is COC1C[C@H](OC)[C@H]([C@@]2(C)CCc3c(OCc4ccccc4COc4cc(C)cc5c4CC[C@](C)([C@@H]4OC(OC)C[C@@H]4OC)O5)cc(C)cc3O2)O1. The van der Waals surface area contributed by atoms with E-state index in [1.807, 2.05) is 12.1 Å². The number of hydrogen-bond donors (Lipinski definition) is 0. The molecular weight excluding hydrogens is 664 g/mol. The summed E-state index contributed by atoms with van der Waals surface area (Å²) in [5, 5.41) is 0. The van der Waals surface area contributed by atoms with Crippen molar-refractivity contribution in [3.8, 4) is 23.0 Å². The molecule has 8 atom stereocenters. The lowest BCUT2D eigenvalue weighted by atomic mass is 9.85. The van der Waals surface area contributed by atoms with E-state index in [0.29, 0.717) is 26.1 Å². The van der Waals surface area contributed by atoms with Gasteiger partial charge in [0.25, 0.3) is 0 Å². The van der Waals surface area contributed by atoms with Gasteiger partial charge in [0.1, 0.15) is 59.6 Å². The first-order valence-electron chi connectivity index (χ1n) is 18.5. The molecule has 2 saturated heterocycles.